The molecular weight excluding hydrogens is 825 g/mol. The quantitative estimate of drug-likeness (QED) is 0.283. The van der Waals surface area contributed by atoms with Gasteiger partial charge >= 0.3 is 12.2 Å². The Kier molecular flexibility index (Phi) is 13.7. The van der Waals surface area contributed by atoms with Crippen LogP contribution in [0.2, 0.25) is 10.0 Å². The number of hydrogen-bond donors (Lipinski definition) is 0. The lowest BCUT2D eigenvalue weighted by Crippen LogP contribution is -2.40. The van der Waals surface area contributed by atoms with E-state index in [1.165, 1.54) is 5.56 Å². The molecule has 8 rings (SSSR count). The third-order valence-electron chi connectivity index (χ3n) is 12.8. The Morgan fingerprint density at radius 2 is 0.984 bits per heavy atom. The maximum atomic E-state index is 13.6. The number of halogens is 4. The highest BCUT2D eigenvalue weighted by atomic mass is 35.5. The number of para-hydroxylation sites is 2. The molecule has 11 nitrogen and oxygen atoms in total. The zero-order valence-corrected chi connectivity index (χ0v) is 38.2. The van der Waals surface area contributed by atoms with E-state index in [0.29, 0.717) is 60.4 Å². The molecule has 2 amide bonds. The summed E-state index contributed by atoms with van der Waals surface area (Å²) in [5.74, 6) is -0.389. The van der Waals surface area contributed by atoms with Gasteiger partial charge in [-0.1, -0.05) is 47.5 Å². The molecule has 0 radical (unpaired) electrons. The van der Waals surface area contributed by atoms with Crippen LogP contribution in [0.3, 0.4) is 0 Å². The molecule has 4 atom stereocenters. The fraction of sp³-hybridized carbons (Fsp3) is 0.674. The molecule has 0 bridgehead atoms. The van der Waals surface area contributed by atoms with E-state index in [4.69, 9.17) is 32.7 Å². The number of alkyl halides is 2. The lowest BCUT2D eigenvalue weighted by molar-refractivity contribution is -0.119. The standard InChI is InChI=1S/C23H32ClF2N3O2.C23H32ClN3O3/c1-22(2,3)31-21(30)29-14-17-12-27(13-18(17)15-29)11-16-5-4-6-19(24)20(16)28-9-7-23(25,26)8-10-28;1-23(2,3)30-22(29)27-14-17-12-25(13-18(17)15-27)11-16-5-4-6-20(24)21(16)26-9-7-19(28)8-10-26/h4-6,17-18H,7-15H2,1-3H3;4-6,17-18H,7-15H2,1-3H3. The Labute approximate surface area is 370 Å². The van der Waals surface area contributed by atoms with E-state index < -0.39 is 17.1 Å². The van der Waals surface area contributed by atoms with Gasteiger partial charge in [-0.25, -0.2) is 18.4 Å². The van der Waals surface area contributed by atoms with Crippen LogP contribution in [-0.2, 0) is 27.4 Å². The Hall–Kier alpha value is -3.39. The van der Waals surface area contributed by atoms with Crippen molar-refractivity contribution in [3.63, 3.8) is 0 Å². The summed E-state index contributed by atoms with van der Waals surface area (Å²) in [5, 5.41) is 1.38. The Bertz CT molecular complexity index is 1880. The number of amides is 2. The molecular formula is C46H64Cl2F2N6O5. The number of nitrogens with zero attached hydrogens (tertiary/aromatic N) is 6. The van der Waals surface area contributed by atoms with Crippen molar-refractivity contribution in [1.82, 2.24) is 19.6 Å². The number of ether oxygens (including phenoxy) is 2. The summed E-state index contributed by atoms with van der Waals surface area (Å²) in [7, 11) is 0. The van der Waals surface area contributed by atoms with Crippen LogP contribution in [0.25, 0.3) is 0 Å². The van der Waals surface area contributed by atoms with Crippen molar-refractivity contribution < 1.29 is 32.6 Å². The number of hydrogen-bond acceptors (Lipinski definition) is 9. The lowest BCUT2D eigenvalue weighted by Gasteiger charge is -2.35. The van der Waals surface area contributed by atoms with E-state index in [0.717, 1.165) is 100 Å². The highest BCUT2D eigenvalue weighted by Crippen LogP contribution is 2.40. The van der Waals surface area contributed by atoms with Crippen LogP contribution in [-0.4, -0.2) is 133 Å². The number of rotatable bonds is 6. The molecule has 0 spiro atoms. The molecule has 336 valence electrons. The van der Waals surface area contributed by atoms with Crippen molar-refractivity contribution >= 4 is 52.5 Å². The highest BCUT2D eigenvalue weighted by molar-refractivity contribution is 6.33. The predicted molar refractivity (Wildman–Crippen MR) is 236 cm³/mol. The van der Waals surface area contributed by atoms with E-state index in [9.17, 15) is 23.2 Å². The number of Topliss-reactive ketones (excluding diaryl/α,β-unsaturated/α-hetero) is 1. The summed E-state index contributed by atoms with van der Waals surface area (Å²) in [5.41, 5.74) is 3.35. The van der Waals surface area contributed by atoms with Gasteiger partial charge in [-0.15, -0.1) is 0 Å². The molecule has 6 fully saturated rings. The average Bonchev–Trinajstić information content (AvgIpc) is 3.92. The first-order chi connectivity index (χ1) is 28.7. The minimum absolute atomic E-state index is 0.133. The van der Waals surface area contributed by atoms with Crippen molar-refractivity contribution in [3.05, 3.63) is 57.6 Å². The minimum Gasteiger partial charge on any atom is -0.444 e. The van der Waals surface area contributed by atoms with Gasteiger partial charge in [-0.05, 0) is 88.5 Å². The smallest absolute Gasteiger partial charge is 0.410 e. The van der Waals surface area contributed by atoms with E-state index in [1.807, 2.05) is 80.5 Å². The molecule has 0 N–H and O–H groups in total. The molecule has 6 heterocycles. The van der Waals surface area contributed by atoms with Gasteiger partial charge in [0.25, 0.3) is 5.92 Å². The summed E-state index contributed by atoms with van der Waals surface area (Å²) >= 11 is 13.1. The van der Waals surface area contributed by atoms with Gasteiger partial charge in [0.05, 0.1) is 21.4 Å². The average molecular weight is 890 g/mol. The van der Waals surface area contributed by atoms with Gasteiger partial charge in [-0.3, -0.25) is 14.6 Å². The minimum atomic E-state index is -2.58. The molecule has 2 aromatic rings. The van der Waals surface area contributed by atoms with Gasteiger partial charge in [-0.2, -0.15) is 0 Å². The fourth-order valence-corrected chi connectivity index (χ4v) is 10.6. The number of carbonyl (C=O) groups excluding carboxylic acids is 3. The predicted octanol–water partition coefficient (Wildman–Crippen LogP) is 8.68. The SMILES string of the molecule is CC(C)(C)OC(=O)N1CC2CN(Cc3cccc(Cl)c3N3CCC(=O)CC3)CC2C1.CC(C)(C)OC(=O)N1CC2CN(Cc3cccc(Cl)c3N3CCC(F)(F)CC3)CC2C1. The zero-order valence-electron chi connectivity index (χ0n) is 36.7. The summed E-state index contributed by atoms with van der Waals surface area (Å²) < 4.78 is 38.3. The van der Waals surface area contributed by atoms with Crippen LogP contribution >= 0.6 is 23.2 Å². The van der Waals surface area contributed by atoms with E-state index in [1.54, 1.807) is 0 Å². The summed E-state index contributed by atoms with van der Waals surface area (Å²) in [4.78, 5) is 49.3. The van der Waals surface area contributed by atoms with Crippen LogP contribution in [0.15, 0.2) is 36.4 Å². The van der Waals surface area contributed by atoms with Crippen LogP contribution in [0.1, 0.15) is 78.4 Å². The number of carbonyl (C=O) groups is 3. The van der Waals surface area contributed by atoms with Crippen molar-refractivity contribution in [1.29, 1.82) is 0 Å². The van der Waals surface area contributed by atoms with Crippen molar-refractivity contribution in [2.75, 3.05) is 88.3 Å². The second-order valence-electron chi connectivity index (χ2n) is 20.1. The first-order valence-corrected chi connectivity index (χ1v) is 22.8. The first-order valence-electron chi connectivity index (χ1n) is 22.0. The number of anilines is 2. The number of fused-ring (bicyclic) bond motifs is 2. The topological polar surface area (TPSA) is 89.1 Å². The van der Waals surface area contributed by atoms with Gasteiger partial charge in [0.1, 0.15) is 17.0 Å². The largest absolute Gasteiger partial charge is 0.444 e. The molecule has 6 aliphatic rings. The molecule has 61 heavy (non-hydrogen) atoms. The van der Waals surface area contributed by atoms with Crippen LogP contribution in [0.5, 0.6) is 0 Å². The summed E-state index contributed by atoms with van der Waals surface area (Å²) in [6.45, 7) is 21.8. The molecule has 0 saturated carbocycles. The monoisotopic (exact) mass is 888 g/mol. The second kappa shape index (κ2) is 18.4. The maximum Gasteiger partial charge on any atom is 0.410 e. The van der Waals surface area contributed by atoms with E-state index in [2.05, 4.69) is 26.8 Å². The Morgan fingerprint density at radius 1 is 0.623 bits per heavy atom. The third-order valence-corrected chi connectivity index (χ3v) is 13.4. The lowest BCUT2D eigenvalue weighted by atomic mass is 10.0. The normalized spacial score (nSPS) is 25.6. The van der Waals surface area contributed by atoms with Gasteiger partial charge in [0.2, 0.25) is 0 Å². The molecule has 4 unspecified atom stereocenters. The number of benzene rings is 2. The molecule has 2 aromatic carbocycles. The van der Waals surface area contributed by atoms with Crippen LogP contribution in [0.4, 0.5) is 29.7 Å². The number of likely N-dealkylation sites (tertiary alicyclic amines) is 4. The van der Waals surface area contributed by atoms with E-state index in [-0.39, 0.29) is 25.0 Å². The Balaban J connectivity index is 0.000000184. The van der Waals surface area contributed by atoms with Gasteiger partial charge < -0.3 is 29.1 Å². The summed E-state index contributed by atoms with van der Waals surface area (Å²) in [6, 6.07) is 11.9. The van der Waals surface area contributed by atoms with Crippen LogP contribution in [0, 0.1) is 23.7 Å². The molecule has 15 heteroatoms. The molecule has 6 aliphatic heterocycles. The number of ketones is 1. The molecule has 0 aromatic heterocycles. The third kappa shape index (κ3) is 11.6. The van der Waals surface area contributed by atoms with Crippen LogP contribution < -0.4 is 9.80 Å². The first kappa shape index (κ1) is 45.6. The fourth-order valence-electron chi connectivity index (χ4n) is 9.99. The van der Waals surface area contributed by atoms with Gasteiger partial charge in [0.15, 0.2) is 0 Å². The van der Waals surface area contributed by atoms with E-state index >= 15 is 0 Å². The molecule has 6 saturated heterocycles. The highest BCUT2D eigenvalue weighted by Gasteiger charge is 2.44. The van der Waals surface area contributed by atoms with Crippen molar-refractivity contribution in [2.24, 2.45) is 23.7 Å². The van der Waals surface area contributed by atoms with Crippen molar-refractivity contribution in [3.8, 4) is 0 Å². The second-order valence-corrected chi connectivity index (χ2v) is 20.9. The Morgan fingerprint density at radius 3 is 1.34 bits per heavy atom. The van der Waals surface area contributed by atoms with Crippen molar-refractivity contribution in [2.45, 2.75) is 97.4 Å². The number of piperidine rings is 2. The maximum absolute atomic E-state index is 13.6. The summed E-state index contributed by atoms with van der Waals surface area (Å²) in [6.07, 6.45) is 0.503. The van der Waals surface area contributed by atoms with Gasteiger partial charge in [0, 0.05) is 117 Å². The molecule has 0 aliphatic carbocycles. The zero-order chi connectivity index (χ0) is 43.9.